The van der Waals surface area contributed by atoms with Gasteiger partial charge in [-0.3, -0.25) is 4.79 Å². The normalized spacial score (nSPS) is 18.9. The molecule has 1 saturated carbocycles. The lowest BCUT2D eigenvalue weighted by Crippen LogP contribution is -2.41. The smallest absolute Gasteiger partial charge is 0.220 e. The first kappa shape index (κ1) is 14.8. The third kappa shape index (κ3) is 5.26. The second-order valence-corrected chi connectivity index (χ2v) is 5.52. The molecule has 0 bridgehead atoms. The van der Waals surface area contributed by atoms with Crippen molar-refractivity contribution in [3.63, 3.8) is 0 Å². The first-order valence-corrected chi connectivity index (χ1v) is 7.19. The number of aliphatic hydroxyl groups is 1. The monoisotopic (exact) mass is 261 g/mol. The highest BCUT2D eigenvalue weighted by molar-refractivity contribution is 6.17. The van der Waals surface area contributed by atoms with Crippen molar-refractivity contribution in [3.8, 4) is 0 Å². The van der Waals surface area contributed by atoms with Crippen molar-refractivity contribution in [3.05, 3.63) is 0 Å². The predicted octanol–water partition coefficient (Wildman–Crippen LogP) is 2.45. The van der Waals surface area contributed by atoms with E-state index in [4.69, 9.17) is 11.6 Å². The maximum absolute atomic E-state index is 11.6. The summed E-state index contributed by atoms with van der Waals surface area (Å²) >= 11 is 5.56. The van der Waals surface area contributed by atoms with Crippen LogP contribution in [0.25, 0.3) is 0 Å². The van der Waals surface area contributed by atoms with Gasteiger partial charge in [0.1, 0.15) is 0 Å². The molecule has 1 rings (SSSR count). The van der Waals surface area contributed by atoms with E-state index in [-0.39, 0.29) is 17.9 Å². The van der Waals surface area contributed by atoms with Gasteiger partial charge in [-0.15, -0.1) is 11.6 Å². The summed E-state index contributed by atoms with van der Waals surface area (Å²) in [5.41, 5.74) is -0.0552. The molecule has 3 nitrogen and oxygen atoms in total. The zero-order chi connectivity index (χ0) is 12.6. The largest absolute Gasteiger partial charge is 0.396 e. The molecule has 0 aliphatic heterocycles. The van der Waals surface area contributed by atoms with Gasteiger partial charge in [0.05, 0.1) is 6.61 Å². The molecule has 1 aliphatic carbocycles. The summed E-state index contributed by atoms with van der Waals surface area (Å²) in [6, 6.07) is 0. The van der Waals surface area contributed by atoms with Gasteiger partial charge in [-0.05, 0) is 25.7 Å². The molecule has 0 radical (unpaired) electrons. The van der Waals surface area contributed by atoms with Crippen molar-refractivity contribution >= 4 is 17.5 Å². The third-order valence-corrected chi connectivity index (χ3v) is 3.96. The minimum absolute atomic E-state index is 0.0552. The van der Waals surface area contributed by atoms with Crippen molar-refractivity contribution in [2.75, 3.05) is 19.0 Å². The van der Waals surface area contributed by atoms with Gasteiger partial charge in [-0.2, -0.15) is 0 Å². The molecule has 1 amide bonds. The number of carbonyl (C=O) groups is 1. The van der Waals surface area contributed by atoms with E-state index in [0.717, 1.165) is 25.7 Å². The quantitative estimate of drug-likeness (QED) is 0.546. The van der Waals surface area contributed by atoms with Crippen molar-refractivity contribution < 1.29 is 9.90 Å². The fourth-order valence-electron chi connectivity index (χ4n) is 2.45. The summed E-state index contributed by atoms with van der Waals surface area (Å²) in [7, 11) is 0. The SMILES string of the molecule is O=C(CCCCCl)NCC1(CO)CCCCC1. The molecule has 0 aromatic rings. The van der Waals surface area contributed by atoms with Gasteiger partial charge in [0.25, 0.3) is 0 Å². The molecule has 2 N–H and O–H groups in total. The van der Waals surface area contributed by atoms with Crippen LogP contribution < -0.4 is 5.32 Å². The van der Waals surface area contributed by atoms with Gasteiger partial charge in [0.2, 0.25) is 5.91 Å². The van der Waals surface area contributed by atoms with Crippen molar-refractivity contribution in [1.82, 2.24) is 5.32 Å². The molecule has 1 fully saturated rings. The highest BCUT2D eigenvalue weighted by atomic mass is 35.5. The number of alkyl halides is 1. The minimum Gasteiger partial charge on any atom is -0.396 e. The first-order valence-electron chi connectivity index (χ1n) is 6.66. The number of unbranched alkanes of at least 4 members (excludes halogenated alkanes) is 1. The number of hydrogen-bond donors (Lipinski definition) is 2. The maximum Gasteiger partial charge on any atom is 0.220 e. The van der Waals surface area contributed by atoms with Crippen LogP contribution >= 0.6 is 11.6 Å². The second-order valence-electron chi connectivity index (χ2n) is 5.14. The zero-order valence-corrected chi connectivity index (χ0v) is 11.3. The molecular weight excluding hydrogens is 238 g/mol. The summed E-state index contributed by atoms with van der Waals surface area (Å²) < 4.78 is 0. The van der Waals surface area contributed by atoms with Crippen LogP contribution in [0.3, 0.4) is 0 Å². The zero-order valence-electron chi connectivity index (χ0n) is 10.5. The highest BCUT2D eigenvalue weighted by Crippen LogP contribution is 2.35. The Morgan fingerprint density at radius 2 is 1.94 bits per heavy atom. The van der Waals surface area contributed by atoms with Crippen LogP contribution in [-0.4, -0.2) is 30.0 Å². The maximum atomic E-state index is 11.6. The van der Waals surface area contributed by atoms with E-state index in [1.54, 1.807) is 0 Å². The molecule has 4 heteroatoms. The van der Waals surface area contributed by atoms with Crippen molar-refractivity contribution in [1.29, 1.82) is 0 Å². The van der Waals surface area contributed by atoms with Crippen LogP contribution in [0.2, 0.25) is 0 Å². The topological polar surface area (TPSA) is 49.3 Å². The van der Waals surface area contributed by atoms with E-state index in [1.165, 1.54) is 19.3 Å². The van der Waals surface area contributed by atoms with E-state index >= 15 is 0 Å². The fraction of sp³-hybridized carbons (Fsp3) is 0.923. The Bertz CT molecular complexity index is 227. The molecule has 0 aromatic carbocycles. The Morgan fingerprint density at radius 3 is 2.53 bits per heavy atom. The van der Waals surface area contributed by atoms with Crippen LogP contribution in [0, 0.1) is 5.41 Å². The molecule has 100 valence electrons. The second kappa shape index (κ2) is 7.93. The van der Waals surface area contributed by atoms with Crippen LogP contribution in [0.1, 0.15) is 51.4 Å². The van der Waals surface area contributed by atoms with E-state index in [2.05, 4.69) is 5.32 Å². The Morgan fingerprint density at radius 1 is 1.24 bits per heavy atom. The summed E-state index contributed by atoms with van der Waals surface area (Å²) in [5.74, 6) is 0.710. The molecule has 0 heterocycles. The summed E-state index contributed by atoms with van der Waals surface area (Å²) in [4.78, 5) is 11.6. The van der Waals surface area contributed by atoms with Crippen LogP contribution in [-0.2, 0) is 4.79 Å². The van der Waals surface area contributed by atoms with E-state index in [0.29, 0.717) is 18.8 Å². The lowest BCUT2D eigenvalue weighted by Gasteiger charge is -2.35. The lowest BCUT2D eigenvalue weighted by atomic mass is 9.74. The average molecular weight is 262 g/mol. The minimum atomic E-state index is -0.0552. The molecule has 0 saturated heterocycles. The molecule has 0 unspecified atom stereocenters. The molecule has 1 aliphatic rings. The summed E-state index contributed by atoms with van der Waals surface area (Å²) in [6.45, 7) is 0.818. The number of hydrogen-bond acceptors (Lipinski definition) is 2. The number of nitrogens with one attached hydrogen (secondary N) is 1. The standard InChI is InChI=1S/C13H24ClNO2/c14-9-5-2-6-12(17)15-10-13(11-16)7-3-1-4-8-13/h16H,1-11H2,(H,15,17). The Hall–Kier alpha value is -0.280. The van der Waals surface area contributed by atoms with Crippen LogP contribution in [0.4, 0.5) is 0 Å². The van der Waals surface area contributed by atoms with Crippen molar-refractivity contribution in [2.45, 2.75) is 51.4 Å². The van der Waals surface area contributed by atoms with E-state index < -0.39 is 0 Å². The third-order valence-electron chi connectivity index (χ3n) is 3.70. The lowest BCUT2D eigenvalue weighted by molar-refractivity contribution is -0.122. The van der Waals surface area contributed by atoms with Gasteiger partial charge in [0, 0.05) is 24.3 Å². The van der Waals surface area contributed by atoms with Gasteiger partial charge in [-0.1, -0.05) is 19.3 Å². The number of aliphatic hydroxyl groups excluding tert-OH is 1. The van der Waals surface area contributed by atoms with Crippen LogP contribution in [0.15, 0.2) is 0 Å². The Kier molecular flexibility index (Phi) is 6.90. The number of amides is 1. The first-order chi connectivity index (χ1) is 8.22. The van der Waals surface area contributed by atoms with Crippen LogP contribution in [0.5, 0.6) is 0 Å². The Balaban J connectivity index is 2.24. The number of rotatable bonds is 7. The van der Waals surface area contributed by atoms with Gasteiger partial charge in [-0.25, -0.2) is 0 Å². The molecule has 0 aromatic heterocycles. The highest BCUT2D eigenvalue weighted by Gasteiger charge is 2.31. The average Bonchev–Trinajstić information content (AvgIpc) is 2.38. The Labute approximate surface area is 109 Å². The predicted molar refractivity (Wildman–Crippen MR) is 70.2 cm³/mol. The number of carbonyl (C=O) groups excluding carboxylic acids is 1. The summed E-state index contributed by atoms with van der Waals surface area (Å²) in [5, 5.41) is 12.5. The van der Waals surface area contributed by atoms with Crippen molar-refractivity contribution in [2.24, 2.45) is 5.41 Å². The molecule has 0 spiro atoms. The molecule has 17 heavy (non-hydrogen) atoms. The molecule has 0 atom stereocenters. The van der Waals surface area contributed by atoms with E-state index in [9.17, 15) is 9.90 Å². The van der Waals surface area contributed by atoms with Gasteiger partial charge >= 0.3 is 0 Å². The fourth-order valence-corrected chi connectivity index (χ4v) is 2.64. The van der Waals surface area contributed by atoms with Gasteiger partial charge in [0.15, 0.2) is 0 Å². The molecular formula is C13H24ClNO2. The number of halogens is 1. The summed E-state index contributed by atoms with van der Waals surface area (Å²) in [6.07, 6.45) is 7.95. The van der Waals surface area contributed by atoms with E-state index in [1.807, 2.05) is 0 Å². The van der Waals surface area contributed by atoms with Gasteiger partial charge < -0.3 is 10.4 Å².